The lowest BCUT2D eigenvalue weighted by Crippen LogP contribution is -2.05. The Morgan fingerprint density at radius 1 is 1.38 bits per heavy atom. The summed E-state index contributed by atoms with van der Waals surface area (Å²) in [7, 11) is 0. The highest BCUT2D eigenvalue weighted by molar-refractivity contribution is 7.99. The molecule has 0 N–H and O–H groups in total. The molecule has 1 aromatic carbocycles. The van der Waals surface area contributed by atoms with Gasteiger partial charge in [0, 0.05) is 18.7 Å². The number of alkyl halides is 3. The van der Waals surface area contributed by atoms with Crippen molar-refractivity contribution in [2.75, 3.05) is 5.75 Å². The van der Waals surface area contributed by atoms with Gasteiger partial charge in [0.1, 0.15) is 0 Å². The summed E-state index contributed by atoms with van der Waals surface area (Å²) in [5.41, 5.74) is 0.378. The van der Waals surface area contributed by atoms with Crippen molar-refractivity contribution in [3.8, 4) is 6.07 Å². The molecule has 0 spiro atoms. The summed E-state index contributed by atoms with van der Waals surface area (Å²) in [6.07, 6.45) is -3.18. The number of hydrogen-bond donors (Lipinski definition) is 0. The van der Waals surface area contributed by atoms with Gasteiger partial charge in [0.05, 0.1) is 22.7 Å². The van der Waals surface area contributed by atoms with E-state index in [1.165, 1.54) is 17.8 Å². The quantitative estimate of drug-likeness (QED) is 0.604. The summed E-state index contributed by atoms with van der Waals surface area (Å²) in [5.74, 6) is 0.579. The first-order chi connectivity index (χ1) is 9.97. The molecule has 1 heterocycles. The van der Waals surface area contributed by atoms with Crippen molar-refractivity contribution in [1.29, 1.82) is 5.26 Å². The van der Waals surface area contributed by atoms with E-state index in [1.54, 1.807) is 4.57 Å². The molecule has 0 aliphatic carbocycles. The lowest BCUT2D eigenvalue weighted by Gasteiger charge is -2.09. The molecule has 0 radical (unpaired) electrons. The minimum atomic E-state index is -4.36. The average molecular weight is 313 g/mol. The van der Waals surface area contributed by atoms with Gasteiger partial charge in [-0.25, -0.2) is 4.98 Å². The van der Waals surface area contributed by atoms with Gasteiger partial charge in [0.2, 0.25) is 0 Å². The summed E-state index contributed by atoms with van der Waals surface area (Å²) in [6.45, 7) is 2.57. The second-order valence-electron chi connectivity index (χ2n) is 4.50. The Hall–Kier alpha value is -1.68. The number of aryl methyl sites for hydroxylation is 1. The third-order valence-corrected chi connectivity index (χ3v) is 3.91. The maximum atomic E-state index is 12.8. The number of fused-ring (bicyclic) bond motifs is 1. The van der Waals surface area contributed by atoms with Crippen molar-refractivity contribution in [2.45, 2.75) is 37.6 Å². The third-order valence-electron chi connectivity index (χ3n) is 2.93. The minimum absolute atomic E-state index is 0.383. The van der Waals surface area contributed by atoms with Crippen LogP contribution in [0.2, 0.25) is 0 Å². The third kappa shape index (κ3) is 3.50. The molecule has 0 fully saturated rings. The number of hydrogen-bond acceptors (Lipinski definition) is 3. The van der Waals surface area contributed by atoms with Gasteiger partial charge in [-0.2, -0.15) is 18.4 Å². The average Bonchev–Trinajstić information content (AvgIpc) is 2.76. The molecule has 3 nitrogen and oxygen atoms in total. The van der Waals surface area contributed by atoms with Gasteiger partial charge in [-0.05, 0) is 24.6 Å². The van der Waals surface area contributed by atoms with Crippen LogP contribution in [0.3, 0.4) is 0 Å². The lowest BCUT2D eigenvalue weighted by atomic mass is 10.2. The standard InChI is InChI=1S/C14H14F3N3S/c1-2-7-20-12-9-10(14(15,16)17)4-5-11(12)19-13(20)21-8-3-6-18/h4-5,9H,2-3,7-8H2,1H3. The predicted octanol–water partition coefficient (Wildman–Crippen LogP) is 4.47. The van der Waals surface area contributed by atoms with Crippen molar-refractivity contribution < 1.29 is 13.2 Å². The number of nitrogens with zero attached hydrogens (tertiary/aromatic N) is 3. The van der Waals surface area contributed by atoms with Crippen molar-refractivity contribution in [3.05, 3.63) is 23.8 Å². The van der Waals surface area contributed by atoms with Gasteiger partial charge in [0.25, 0.3) is 0 Å². The summed E-state index contributed by atoms with van der Waals surface area (Å²) >= 11 is 1.40. The van der Waals surface area contributed by atoms with Gasteiger partial charge in [-0.3, -0.25) is 0 Å². The number of halogens is 3. The van der Waals surface area contributed by atoms with Crippen LogP contribution in [0.4, 0.5) is 13.2 Å². The Balaban J connectivity index is 2.46. The molecule has 0 aliphatic rings. The van der Waals surface area contributed by atoms with Crippen LogP contribution in [0.25, 0.3) is 11.0 Å². The molecule has 112 valence electrons. The molecule has 2 aromatic rings. The second-order valence-corrected chi connectivity index (χ2v) is 5.57. The smallest absolute Gasteiger partial charge is 0.319 e. The van der Waals surface area contributed by atoms with Crippen LogP contribution in [0.15, 0.2) is 23.4 Å². The van der Waals surface area contributed by atoms with Crippen molar-refractivity contribution in [3.63, 3.8) is 0 Å². The SMILES string of the molecule is CCCn1c(SCCC#N)nc2ccc(C(F)(F)F)cc21. The molecule has 0 unspecified atom stereocenters. The normalized spacial score (nSPS) is 11.8. The first-order valence-electron chi connectivity index (χ1n) is 6.54. The minimum Gasteiger partial charge on any atom is -0.319 e. The molecule has 21 heavy (non-hydrogen) atoms. The number of nitriles is 1. The Kier molecular flexibility index (Phi) is 4.78. The van der Waals surface area contributed by atoms with Crippen molar-refractivity contribution >= 4 is 22.8 Å². The highest BCUT2D eigenvalue weighted by Crippen LogP contribution is 2.33. The van der Waals surface area contributed by atoms with E-state index in [1.807, 2.05) is 13.0 Å². The fraction of sp³-hybridized carbons (Fsp3) is 0.429. The Bertz CT molecular complexity index is 670. The van der Waals surface area contributed by atoms with Crippen molar-refractivity contribution in [2.24, 2.45) is 0 Å². The summed E-state index contributed by atoms with van der Waals surface area (Å²) in [5, 5.41) is 9.24. The largest absolute Gasteiger partial charge is 0.416 e. The Morgan fingerprint density at radius 2 is 2.14 bits per heavy atom. The molecule has 1 aromatic heterocycles. The predicted molar refractivity (Wildman–Crippen MR) is 76.0 cm³/mol. The molecular weight excluding hydrogens is 299 g/mol. The molecule has 0 bridgehead atoms. The zero-order valence-corrected chi connectivity index (χ0v) is 12.3. The van der Waals surface area contributed by atoms with E-state index in [4.69, 9.17) is 5.26 Å². The number of rotatable bonds is 5. The van der Waals surface area contributed by atoms with Crippen LogP contribution in [-0.4, -0.2) is 15.3 Å². The van der Waals surface area contributed by atoms with E-state index < -0.39 is 11.7 Å². The fourth-order valence-corrected chi connectivity index (χ4v) is 2.90. The van der Waals surface area contributed by atoms with Crippen LogP contribution in [0, 0.1) is 11.3 Å². The molecule has 0 atom stereocenters. The highest BCUT2D eigenvalue weighted by Gasteiger charge is 2.31. The van der Waals surface area contributed by atoms with Gasteiger partial charge in [0.15, 0.2) is 5.16 Å². The highest BCUT2D eigenvalue weighted by atomic mass is 32.2. The van der Waals surface area contributed by atoms with Gasteiger partial charge in [-0.15, -0.1) is 0 Å². The summed E-state index contributed by atoms with van der Waals surface area (Å²) in [4.78, 5) is 4.38. The number of thioether (sulfide) groups is 1. The van der Waals surface area contributed by atoms with E-state index in [9.17, 15) is 13.2 Å². The van der Waals surface area contributed by atoms with Crippen LogP contribution in [-0.2, 0) is 12.7 Å². The zero-order valence-electron chi connectivity index (χ0n) is 11.4. The maximum absolute atomic E-state index is 12.8. The van der Waals surface area contributed by atoms with E-state index >= 15 is 0 Å². The maximum Gasteiger partial charge on any atom is 0.416 e. The number of imidazole rings is 1. The molecule has 0 saturated carbocycles. The first-order valence-corrected chi connectivity index (χ1v) is 7.53. The molecule has 7 heteroatoms. The summed E-state index contributed by atoms with van der Waals surface area (Å²) in [6, 6.07) is 5.64. The molecule has 0 amide bonds. The molecule has 0 aliphatic heterocycles. The fourth-order valence-electron chi connectivity index (χ4n) is 2.01. The molecule has 0 saturated heterocycles. The Labute approximate surface area is 124 Å². The zero-order chi connectivity index (χ0) is 15.5. The van der Waals surface area contributed by atoms with Crippen LogP contribution < -0.4 is 0 Å². The van der Waals surface area contributed by atoms with Crippen molar-refractivity contribution in [1.82, 2.24) is 9.55 Å². The van der Waals surface area contributed by atoms with E-state index in [0.29, 0.717) is 34.9 Å². The summed E-state index contributed by atoms with van der Waals surface area (Å²) < 4.78 is 40.3. The van der Waals surface area contributed by atoms with Gasteiger partial charge >= 0.3 is 6.18 Å². The Morgan fingerprint density at radius 3 is 2.76 bits per heavy atom. The second kappa shape index (κ2) is 6.39. The van der Waals surface area contributed by atoms with Crippen LogP contribution in [0.5, 0.6) is 0 Å². The van der Waals surface area contributed by atoms with E-state index in [0.717, 1.165) is 18.6 Å². The molecule has 2 rings (SSSR count). The lowest BCUT2D eigenvalue weighted by molar-refractivity contribution is -0.137. The first kappa shape index (κ1) is 15.7. The monoisotopic (exact) mass is 313 g/mol. The topological polar surface area (TPSA) is 41.6 Å². The molecular formula is C14H14F3N3S. The number of benzene rings is 1. The van der Waals surface area contributed by atoms with Gasteiger partial charge < -0.3 is 4.57 Å². The van der Waals surface area contributed by atoms with E-state index in [2.05, 4.69) is 4.98 Å². The van der Waals surface area contributed by atoms with Gasteiger partial charge in [-0.1, -0.05) is 18.7 Å². The number of aromatic nitrogens is 2. The van der Waals surface area contributed by atoms with Crippen LogP contribution >= 0.6 is 11.8 Å². The van der Waals surface area contributed by atoms with E-state index in [-0.39, 0.29) is 0 Å². The van der Waals surface area contributed by atoms with Crippen LogP contribution in [0.1, 0.15) is 25.3 Å².